The zero-order valence-corrected chi connectivity index (χ0v) is 15.6. The zero-order chi connectivity index (χ0) is 19.6. The Hall–Kier alpha value is -2.93. The second-order valence-corrected chi connectivity index (χ2v) is 7.86. The van der Waals surface area contributed by atoms with Gasteiger partial charge in [0.25, 0.3) is 0 Å². The topological polar surface area (TPSA) is 84.3 Å². The highest BCUT2D eigenvalue weighted by atomic mass is 35.5. The average Bonchev–Trinajstić information content (AvgIpc) is 2.90. The third-order valence-corrected chi connectivity index (χ3v) is 6.22. The number of benzene rings is 2. The minimum absolute atomic E-state index is 0.0564. The first-order chi connectivity index (χ1) is 13.5. The summed E-state index contributed by atoms with van der Waals surface area (Å²) in [5.74, 6) is -0.0564. The van der Waals surface area contributed by atoms with E-state index in [4.69, 9.17) is 11.6 Å². The van der Waals surface area contributed by atoms with Crippen molar-refractivity contribution in [3.63, 3.8) is 0 Å². The Morgan fingerprint density at radius 3 is 2.61 bits per heavy atom. The number of rotatable bonds is 0. The number of halogens is 1. The molecule has 0 bridgehead atoms. The Kier molecular flexibility index (Phi) is 3.71. The van der Waals surface area contributed by atoms with Crippen LogP contribution in [0.2, 0.25) is 5.02 Å². The lowest BCUT2D eigenvalue weighted by molar-refractivity contribution is 0.127. The van der Waals surface area contributed by atoms with E-state index in [0.29, 0.717) is 30.2 Å². The minimum atomic E-state index is -1.04. The minimum Gasteiger partial charge on any atom is -0.465 e. The molecule has 2 atom stereocenters. The van der Waals surface area contributed by atoms with E-state index in [1.54, 1.807) is 6.07 Å². The van der Waals surface area contributed by atoms with E-state index in [1.165, 1.54) is 9.80 Å². The highest BCUT2D eigenvalue weighted by molar-refractivity contribution is 6.31. The number of carboxylic acid groups (broad SMARTS) is 2. The fourth-order valence-corrected chi connectivity index (χ4v) is 5.08. The second-order valence-electron chi connectivity index (χ2n) is 7.42. The molecule has 3 aliphatic heterocycles. The number of anilines is 3. The summed E-state index contributed by atoms with van der Waals surface area (Å²) in [7, 11) is 0. The molecule has 5 rings (SSSR count). The summed E-state index contributed by atoms with van der Waals surface area (Å²) in [6.45, 7) is 1.07. The summed E-state index contributed by atoms with van der Waals surface area (Å²) in [6.07, 6.45) is -1.30. The number of fused-ring (bicyclic) bond motifs is 5. The van der Waals surface area contributed by atoms with Crippen LogP contribution >= 0.6 is 11.6 Å². The highest BCUT2D eigenvalue weighted by Crippen LogP contribution is 2.55. The van der Waals surface area contributed by atoms with E-state index in [0.717, 1.165) is 22.5 Å². The fraction of sp³-hybridized carbons (Fsp3) is 0.300. The van der Waals surface area contributed by atoms with Gasteiger partial charge in [0, 0.05) is 35.8 Å². The molecule has 8 heteroatoms. The van der Waals surface area contributed by atoms with Crippen molar-refractivity contribution < 1.29 is 19.8 Å². The van der Waals surface area contributed by atoms with Gasteiger partial charge in [0.1, 0.15) is 0 Å². The molecule has 2 N–H and O–H groups in total. The van der Waals surface area contributed by atoms with Gasteiger partial charge in [-0.2, -0.15) is 0 Å². The van der Waals surface area contributed by atoms with E-state index in [9.17, 15) is 19.8 Å². The smallest absolute Gasteiger partial charge is 0.412 e. The van der Waals surface area contributed by atoms with Crippen molar-refractivity contribution >= 4 is 40.8 Å². The summed E-state index contributed by atoms with van der Waals surface area (Å²) >= 11 is 6.38. The van der Waals surface area contributed by atoms with Crippen LogP contribution < -0.4 is 9.80 Å². The molecule has 0 aliphatic carbocycles. The average molecular weight is 400 g/mol. The van der Waals surface area contributed by atoms with Gasteiger partial charge in [-0.15, -0.1) is 0 Å². The van der Waals surface area contributed by atoms with Gasteiger partial charge >= 0.3 is 12.2 Å². The van der Waals surface area contributed by atoms with Gasteiger partial charge in [0.15, 0.2) is 0 Å². The molecule has 0 saturated carbocycles. The SMILES string of the molecule is O=C(O)N1CC[C@@H]2[C@@H](C1)c1cc(Cl)cc3c1N2c1ccccc1CN3C(=O)O. The molecule has 3 heterocycles. The van der Waals surface area contributed by atoms with E-state index in [2.05, 4.69) is 4.90 Å². The van der Waals surface area contributed by atoms with Crippen LogP contribution in [0.4, 0.5) is 26.7 Å². The zero-order valence-electron chi connectivity index (χ0n) is 14.9. The largest absolute Gasteiger partial charge is 0.465 e. The molecule has 3 aliphatic rings. The number of para-hydroxylation sites is 1. The number of carbonyl (C=O) groups is 2. The molecule has 1 fully saturated rings. The van der Waals surface area contributed by atoms with Crippen molar-refractivity contribution in [2.75, 3.05) is 22.9 Å². The van der Waals surface area contributed by atoms with Gasteiger partial charge < -0.3 is 20.0 Å². The third-order valence-electron chi connectivity index (χ3n) is 6.00. The van der Waals surface area contributed by atoms with Crippen LogP contribution in [0.15, 0.2) is 36.4 Å². The van der Waals surface area contributed by atoms with Crippen molar-refractivity contribution in [2.45, 2.75) is 24.9 Å². The first-order valence-electron chi connectivity index (χ1n) is 9.14. The summed E-state index contributed by atoms with van der Waals surface area (Å²) in [5.41, 5.74) is 4.21. The predicted molar refractivity (Wildman–Crippen MR) is 105 cm³/mol. The van der Waals surface area contributed by atoms with Crippen LogP contribution in [0.1, 0.15) is 23.5 Å². The molecule has 0 radical (unpaired) electrons. The fourth-order valence-electron chi connectivity index (χ4n) is 4.86. The van der Waals surface area contributed by atoms with Gasteiger partial charge in [0.05, 0.1) is 17.9 Å². The van der Waals surface area contributed by atoms with Crippen molar-refractivity contribution in [3.05, 3.63) is 52.5 Å². The van der Waals surface area contributed by atoms with Crippen LogP contribution in [0, 0.1) is 0 Å². The normalized spacial score (nSPS) is 22.2. The molecule has 2 aromatic rings. The van der Waals surface area contributed by atoms with Crippen molar-refractivity contribution in [1.82, 2.24) is 4.90 Å². The summed E-state index contributed by atoms with van der Waals surface area (Å²) in [4.78, 5) is 28.6. The third kappa shape index (κ3) is 2.36. The molecular formula is C20H18ClN3O4. The Morgan fingerprint density at radius 2 is 1.86 bits per heavy atom. The quantitative estimate of drug-likeness (QED) is 0.689. The lowest BCUT2D eigenvalue weighted by Gasteiger charge is -2.38. The van der Waals surface area contributed by atoms with E-state index in [1.807, 2.05) is 30.3 Å². The van der Waals surface area contributed by atoms with Crippen LogP contribution in [0.5, 0.6) is 0 Å². The highest BCUT2D eigenvalue weighted by Gasteiger charge is 2.47. The van der Waals surface area contributed by atoms with Gasteiger partial charge in [-0.05, 0) is 35.7 Å². The lowest BCUT2D eigenvalue weighted by atomic mass is 9.88. The van der Waals surface area contributed by atoms with Gasteiger partial charge in [-0.3, -0.25) is 4.90 Å². The van der Waals surface area contributed by atoms with Crippen LogP contribution in [-0.4, -0.2) is 46.4 Å². The number of amides is 2. The van der Waals surface area contributed by atoms with Crippen LogP contribution in [-0.2, 0) is 6.54 Å². The van der Waals surface area contributed by atoms with Crippen molar-refractivity contribution in [1.29, 1.82) is 0 Å². The molecule has 0 aromatic heterocycles. The maximum atomic E-state index is 12.1. The number of hydrogen-bond donors (Lipinski definition) is 2. The first-order valence-corrected chi connectivity index (χ1v) is 9.52. The molecule has 144 valence electrons. The molecule has 28 heavy (non-hydrogen) atoms. The first kappa shape index (κ1) is 17.2. The molecule has 1 saturated heterocycles. The van der Waals surface area contributed by atoms with Crippen LogP contribution in [0.3, 0.4) is 0 Å². The van der Waals surface area contributed by atoms with Crippen molar-refractivity contribution in [3.8, 4) is 0 Å². The lowest BCUT2D eigenvalue weighted by Crippen LogP contribution is -2.46. The number of nitrogens with zero attached hydrogens (tertiary/aromatic N) is 3. The van der Waals surface area contributed by atoms with Gasteiger partial charge in [-0.25, -0.2) is 9.59 Å². The Labute approximate surface area is 166 Å². The summed E-state index contributed by atoms with van der Waals surface area (Å²) in [6, 6.07) is 11.4. The predicted octanol–water partition coefficient (Wildman–Crippen LogP) is 4.33. The number of piperidine rings is 1. The maximum Gasteiger partial charge on any atom is 0.412 e. The number of likely N-dealkylation sites (tertiary alicyclic amines) is 1. The summed E-state index contributed by atoms with van der Waals surface area (Å²) in [5, 5.41) is 19.8. The van der Waals surface area contributed by atoms with Gasteiger partial charge in [0.2, 0.25) is 0 Å². The summed E-state index contributed by atoms with van der Waals surface area (Å²) < 4.78 is 0. The van der Waals surface area contributed by atoms with Crippen LogP contribution in [0.25, 0.3) is 0 Å². The van der Waals surface area contributed by atoms with E-state index < -0.39 is 12.2 Å². The molecule has 7 nitrogen and oxygen atoms in total. The molecular weight excluding hydrogens is 382 g/mol. The monoisotopic (exact) mass is 399 g/mol. The Morgan fingerprint density at radius 1 is 1.07 bits per heavy atom. The second kappa shape index (κ2) is 6.04. The Balaban J connectivity index is 1.76. The standard InChI is InChI=1S/C20H18ClN3O4/c21-12-7-13-14-10-22(19(25)26)6-5-16(14)24-15-4-2-1-3-11(15)9-23(20(27)28)17(8-12)18(13)24/h1-4,7-8,14,16H,5-6,9-10H2,(H,25,26)(H,27,28)/t14-,16+/m0/s1. The van der Waals surface area contributed by atoms with Gasteiger partial charge in [-0.1, -0.05) is 29.8 Å². The number of hydrogen-bond acceptors (Lipinski definition) is 3. The Bertz CT molecular complexity index is 1010. The molecule has 0 spiro atoms. The van der Waals surface area contributed by atoms with E-state index >= 15 is 0 Å². The molecule has 2 amide bonds. The molecule has 0 unspecified atom stereocenters. The maximum absolute atomic E-state index is 12.1. The van der Waals surface area contributed by atoms with E-state index in [-0.39, 0.29) is 18.5 Å². The van der Waals surface area contributed by atoms with Crippen molar-refractivity contribution in [2.24, 2.45) is 0 Å². The molecule has 2 aromatic carbocycles.